The Kier molecular flexibility index (Phi) is 4.20. The SMILES string of the molecule is C=C(NC(=O)OC(C)(C)C)Nc1ccc(O)cc1. The highest BCUT2D eigenvalue weighted by atomic mass is 16.6. The topological polar surface area (TPSA) is 70.6 Å². The molecule has 0 aliphatic rings. The third kappa shape index (κ3) is 5.25. The first-order valence-corrected chi connectivity index (χ1v) is 5.51. The lowest BCUT2D eigenvalue weighted by atomic mass is 10.2. The average Bonchev–Trinajstić information content (AvgIpc) is 2.18. The van der Waals surface area contributed by atoms with Crippen LogP contribution in [0.3, 0.4) is 0 Å². The molecule has 1 rings (SSSR count). The molecule has 0 heterocycles. The zero-order valence-corrected chi connectivity index (χ0v) is 10.8. The van der Waals surface area contributed by atoms with Crippen molar-refractivity contribution >= 4 is 11.8 Å². The van der Waals surface area contributed by atoms with Gasteiger partial charge in [0.05, 0.1) is 0 Å². The quantitative estimate of drug-likeness (QED) is 0.721. The van der Waals surface area contributed by atoms with Gasteiger partial charge in [-0.05, 0) is 45.0 Å². The van der Waals surface area contributed by atoms with Crippen LogP contribution < -0.4 is 10.6 Å². The molecule has 0 aromatic heterocycles. The maximum absolute atomic E-state index is 11.4. The molecule has 1 aromatic rings. The van der Waals surface area contributed by atoms with Crippen molar-refractivity contribution in [3.05, 3.63) is 36.7 Å². The van der Waals surface area contributed by atoms with Crippen molar-refractivity contribution in [2.45, 2.75) is 26.4 Å². The largest absolute Gasteiger partial charge is 0.508 e. The Morgan fingerprint density at radius 1 is 1.28 bits per heavy atom. The Labute approximate surface area is 106 Å². The zero-order valence-electron chi connectivity index (χ0n) is 10.8. The molecule has 0 saturated heterocycles. The first-order valence-electron chi connectivity index (χ1n) is 5.51. The number of phenols is 1. The standard InChI is InChI=1S/C13H18N2O3/c1-9(15-12(17)18-13(2,3)4)14-10-5-7-11(16)8-6-10/h5-8,14,16H,1H2,2-4H3,(H,15,17). The van der Waals surface area contributed by atoms with Crippen LogP contribution in [0.1, 0.15) is 20.8 Å². The smallest absolute Gasteiger partial charge is 0.413 e. The van der Waals surface area contributed by atoms with Gasteiger partial charge in [0.25, 0.3) is 0 Å². The van der Waals surface area contributed by atoms with Gasteiger partial charge in [0, 0.05) is 5.69 Å². The van der Waals surface area contributed by atoms with Crippen LogP contribution in [-0.4, -0.2) is 16.8 Å². The van der Waals surface area contributed by atoms with Gasteiger partial charge in [-0.15, -0.1) is 0 Å². The Balaban J connectivity index is 2.47. The number of alkyl carbamates (subject to hydrolysis) is 1. The molecule has 0 saturated carbocycles. The molecule has 18 heavy (non-hydrogen) atoms. The summed E-state index contributed by atoms with van der Waals surface area (Å²) in [5.74, 6) is 0.473. The molecule has 0 aliphatic carbocycles. The van der Waals surface area contributed by atoms with Gasteiger partial charge < -0.3 is 15.2 Å². The molecular weight excluding hydrogens is 232 g/mol. The van der Waals surface area contributed by atoms with Crippen molar-refractivity contribution in [2.24, 2.45) is 0 Å². The average molecular weight is 250 g/mol. The predicted octanol–water partition coefficient (Wildman–Crippen LogP) is 2.80. The number of nitrogens with one attached hydrogen (secondary N) is 2. The van der Waals surface area contributed by atoms with E-state index in [0.717, 1.165) is 0 Å². The Morgan fingerprint density at radius 2 is 1.83 bits per heavy atom. The lowest BCUT2D eigenvalue weighted by Gasteiger charge is -2.20. The number of carbonyl (C=O) groups is 1. The van der Waals surface area contributed by atoms with E-state index < -0.39 is 11.7 Å². The molecule has 0 atom stereocenters. The summed E-state index contributed by atoms with van der Waals surface area (Å²) in [6.07, 6.45) is -0.571. The first kappa shape index (κ1) is 13.9. The van der Waals surface area contributed by atoms with Crippen molar-refractivity contribution in [3.63, 3.8) is 0 Å². The summed E-state index contributed by atoms with van der Waals surface area (Å²) in [6.45, 7) is 9.00. The van der Waals surface area contributed by atoms with E-state index in [9.17, 15) is 4.79 Å². The summed E-state index contributed by atoms with van der Waals surface area (Å²) in [5, 5.41) is 14.5. The van der Waals surface area contributed by atoms with Gasteiger partial charge in [-0.25, -0.2) is 4.79 Å². The monoisotopic (exact) mass is 250 g/mol. The summed E-state index contributed by atoms with van der Waals surface area (Å²) in [4.78, 5) is 11.4. The van der Waals surface area contributed by atoms with E-state index in [0.29, 0.717) is 11.5 Å². The summed E-state index contributed by atoms with van der Waals surface area (Å²) >= 11 is 0. The lowest BCUT2D eigenvalue weighted by Crippen LogP contribution is -2.33. The van der Waals surface area contributed by atoms with E-state index in [1.807, 2.05) is 0 Å². The Bertz CT molecular complexity index is 433. The van der Waals surface area contributed by atoms with E-state index in [4.69, 9.17) is 9.84 Å². The van der Waals surface area contributed by atoms with E-state index >= 15 is 0 Å². The minimum Gasteiger partial charge on any atom is -0.508 e. The molecule has 1 aromatic carbocycles. The van der Waals surface area contributed by atoms with Crippen LogP contribution in [0.25, 0.3) is 0 Å². The van der Waals surface area contributed by atoms with Gasteiger partial charge in [-0.3, -0.25) is 5.32 Å². The fraction of sp³-hybridized carbons (Fsp3) is 0.308. The molecule has 98 valence electrons. The molecule has 3 N–H and O–H groups in total. The minimum absolute atomic E-state index is 0.172. The van der Waals surface area contributed by atoms with Crippen molar-refractivity contribution in [2.75, 3.05) is 5.32 Å². The second kappa shape index (κ2) is 5.44. The number of amides is 1. The molecule has 0 radical (unpaired) electrons. The van der Waals surface area contributed by atoms with Crippen LogP contribution in [-0.2, 0) is 4.74 Å². The van der Waals surface area contributed by atoms with Crippen molar-refractivity contribution in [3.8, 4) is 5.75 Å². The molecule has 0 unspecified atom stereocenters. The summed E-state index contributed by atoms with van der Waals surface area (Å²) in [7, 11) is 0. The fourth-order valence-corrected chi connectivity index (χ4v) is 1.18. The van der Waals surface area contributed by atoms with Gasteiger partial charge in [0.2, 0.25) is 0 Å². The second-order valence-electron chi connectivity index (χ2n) is 4.78. The van der Waals surface area contributed by atoms with E-state index in [1.54, 1.807) is 32.9 Å². The number of aromatic hydroxyl groups is 1. The van der Waals surface area contributed by atoms with Crippen LogP contribution in [0.4, 0.5) is 10.5 Å². The van der Waals surface area contributed by atoms with Gasteiger partial charge in [0.1, 0.15) is 17.2 Å². The van der Waals surface area contributed by atoms with Crippen LogP contribution in [0.15, 0.2) is 36.7 Å². The van der Waals surface area contributed by atoms with Gasteiger partial charge in [-0.1, -0.05) is 6.58 Å². The normalized spacial score (nSPS) is 10.6. The molecular formula is C13H18N2O3. The molecule has 5 nitrogen and oxygen atoms in total. The number of rotatable bonds is 3. The van der Waals surface area contributed by atoms with Crippen LogP contribution in [0.2, 0.25) is 0 Å². The third-order valence-corrected chi connectivity index (χ3v) is 1.81. The van der Waals surface area contributed by atoms with Gasteiger partial charge in [-0.2, -0.15) is 0 Å². The summed E-state index contributed by atoms with van der Waals surface area (Å²) in [5.41, 5.74) is 0.150. The van der Waals surface area contributed by atoms with Gasteiger partial charge in [0.15, 0.2) is 0 Å². The number of hydrogen-bond donors (Lipinski definition) is 3. The third-order valence-electron chi connectivity index (χ3n) is 1.81. The predicted molar refractivity (Wildman–Crippen MR) is 70.2 cm³/mol. The maximum atomic E-state index is 11.4. The molecule has 5 heteroatoms. The molecule has 0 aliphatic heterocycles. The number of hydrogen-bond acceptors (Lipinski definition) is 4. The van der Waals surface area contributed by atoms with E-state index in [1.165, 1.54) is 12.1 Å². The summed E-state index contributed by atoms with van der Waals surface area (Å²) in [6, 6.07) is 6.39. The molecule has 1 amide bonds. The fourth-order valence-electron chi connectivity index (χ4n) is 1.18. The Hall–Kier alpha value is -2.17. The van der Waals surface area contributed by atoms with Crippen molar-refractivity contribution < 1.29 is 14.6 Å². The van der Waals surface area contributed by atoms with Crippen molar-refractivity contribution in [1.29, 1.82) is 0 Å². The van der Waals surface area contributed by atoms with Crippen LogP contribution in [0, 0.1) is 0 Å². The van der Waals surface area contributed by atoms with E-state index in [-0.39, 0.29) is 5.75 Å². The second-order valence-corrected chi connectivity index (χ2v) is 4.78. The molecule has 0 bridgehead atoms. The zero-order chi connectivity index (χ0) is 13.8. The lowest BCUT2D eigenvalue weighted by molar-refractivity contribution is 0.0547. The number of phenolic OH excluding ortho intramolecular Hbond substituents is 1. The van der Waals surface area contributed by atoms with Gasteiger partial charge >= 0.3 is 6.09 Å². The van der Waals surface area contributed by atoms with E-state index in [2.05, 4.69) is 17.2 Å². The summed E-state index contributed by atoms with van der Waals surface area (Å²) < 4.78 is 5.07. The molecule has 0 fully saturated rings. The Morgan fingerprint density at radius 3 is 2.33 bits per heavy atom. The minimum atomic E-state index is -0.571. The maximum Gasteiger partial charge on any atom is 0.413 e. The number of ether oxygens (including phenoxy) is 1. The first-order chi connectivity index (χ1) is 8.26. The number of anilines is 1. The van der Waals surface area contributed by atoms with Crippen molar-refractivity contribution in [1.82, 2.24) is 5.32 Å². The number of benzene rings is 1. The van der Waals surface area contributed by atoms with Crippen LogP contribution >= 0.6 is 0 Å². The highest BCUT2D eigenvalue weighted by Crippen LogP contribution is 2.14. The number of carbonyl (C=O) groups excluding carboxylic acids is 1. The van der Waals surface area contributed by atoms with Crippen LogP contribution in [0.5, 0.6) is 5.75 Å². The highest BCUT2D eigenvalue weighted by Gasteiger charge is 2.16. The molecule has 0 spiro atoms. The highest BCUT2D eigenvalue weighted by molar-refractivity contribution is 5.71.